The van der Waals surface area contributed by atoms with Crippen LogP contribution in [0, 0.1) is 5.92 Å². The minimum Gasteiger partial charge on any atom is -0.451 e. The average Bonchev–Trinajstić information content (AvgIpc) is 2.95. The van der Waals surface area contributed by atoms with E-state index >= 15 is 0 Å². The monoisotopic (exact) mass is 374 g/mol. The number of amides is 2. The van der Waals surface area contributed by atoms with Gasteiger partial charge in [-0.25, -0.2) is 4.79 Å². The molecular weight excluding hydrogens is 344 g/mol. The minimum absolute atomic E-state index is 0.161. The molecule has 0 bridgehead atoms. The molecule has 0 unspecified atom stereocenters. The topological polar surface area (TPSA) is 75.7 Å². The Labute approximate surface area is 161 Å². The molecule has 0 saturated carbocycles. The van der Waals surface area contributed by atoms with Gasteiger partial charge in [0.25, 0.3) is 11.8 Å². The number of ether oxygens (including phenoxy) is 1. The molecule has 1 aromatic carbocycles. The Hall–Kier alpha value is -2.37. The Balaban J connectivity index is 1.97. The number of carbonyl (C=O) groups is 3. The third-order valence-corrected chi connectivity index (χ3v) is 4.80. The maximum Gasteiger partial charge on any atom is 0.329 e. The highest BCUT2D eigenvalue weighted by molar-refractivity contribution is 5.97. The summed E-state index contributed by atoms with van der Waals surface area (Å²) in [4.78, 5) is 39.3. The lowest BCUT2D eigenvalue weighted by Crippen LogP contribution is -2.48. The molecule has 0 aliphatic carbocycles. The second-order valence-corrected chi connectivity index (χ2v) is 7.38. The zero-order valence-corrected chi connectivity index (χ0v) is 16.4. The van der Waals surface area contributed by atoms with Crippen molar-refractivity contribution in [2.24, 2.45) is 5.92 Å². The van der Waals surface area contributed by atoms with Gasteiger partial charge in [-0.05, 0) is 37.8 Å². The molecule has 6 heteroatoms. The van der Waals surface area contributed by atoms with E-state index in [1.807, 2.05) is 19.9 Å². The molecule has 27 heavy (non-hydrogen) atoms. The first-order chi connectivity index (χ1) is 12.9. The number of carbonyl (C=O) groups excluding carboxylic acids is 3. The van der Waals surface area contributed by atoms with Crippen LogP contribution in [0.15, 0.2) is 30.3 Å². The fourth-order valence-electron chi connectivity index (χ4n) is 3.16. The van der Waals surface area contributed by atoms with Crippen molar-refractivity contribution in [3.63, 3.8) is 0 Å². The van der Waals surface area contributed by atoms with Gasteiger partial charge < -0.3 is 15.0 Å². The fourth-order valence-corrected chi connectivity index (χ4v) is 3.16. The van der Waals surface area contributed by atoms with Gasteiger partial charge in [0, 0.05) is 18.7 Å². The molecule has 0 spiro atoms. The molecule has 1 saturated heterocycles. The van der Waals surface area contributed by atoms with Crippen molar-refractivity contribution in [1.29, 1.82) is 0 Å². The summed E-state index contributed by atoms with van der Waals surface area (Å²) in [5.74, 6) is -1.24. The van der Waals surface area contributed by atoms with Crippen LogP contribution in [0.1, 0.15) is 56.8 Å². The van der Waals surface area contributed by atoms with Gasteiger partial charge in [-0.1, -0.05) is 44.9 Å². The third kappa shape index (κ3) is 6.08. The molecule has 2 atom stereocenters. The quantitative estimate of drug-likeness (QED) is 0.777. The molecule has 1 fully saturated rings. The van der Waals surface area contributed by atoms with Gasteiger partial charge in [-0.15, -0.1) is 0 Å². The normalized spacial score (nSPS) is 17.0. The van der Waals surface area contributed by atoms with Crippen LogP contribution in [0.25, 0.3) is 0 Å². The molecule has 6 nitrogen and oxygen atoms in total. The van der Waals surface area contributed by atoms with Gasteiger partial charge in [0.2, 0.25) is 0 Å². The largest absolute Gasteiger partial charge is 0.451 e. The highest BCUT2D eigenvalue weighted by atomic mass is 16.5. The van der Waals surface area contributed by atoms with E-state index < -0.39 is 18.1 Å². The number of hydrogen-bond donors (Lipinski definition) is 1. The summed E-state index contributed by atoms with van der Waals surface area (Å²) >= 11 is 0. The van der Waals surface area contributed by atoms with E-state index in [9.17, 15) is 14.4 Å². The molecule has 0 radical (unpaired) electrons. The average molecular weight is 374 g/mol. The highest BCUT2D eigenvalue weighted by Gasteiger charge is 2.31. The van der Waals surface area contributed by atoms with Gasteiger partial charge in [-0.3, -0.25) is 9.59 Å². The van der Waals surface area contributed by atoms with E-state index in [0.717, 1.165) is 25.7 Å². The van der Waals surface area contributed by atoms with Crippen LogP contribution in [-0.2, 0) is 14.3 Å². The van der Waals surface area contributed by atoms with E-state index in [0.29, 0.717) is 18.7 Å². The number of likely N-dealkylation sites (tertiary alicyclic amines) is 1. The number of rotatable bonds is 6. The van der Waals surface area contributed by atoms with Crippen molar-refractivity contribution in [1.82, 2.24) is 10.2 Å². The van der Waals surface area contributed by atoms with E-state index in [4.69, 9.17) is 4.74 Å². The molecular formula is C21H30N2O4. The van der Waals surface area contributed by atoms with Crippen molar-refractivity contribution < 1.29 is 19.1 Å². The molecule has 2 amide bonds. The van der Waals surface area contributed by atoms with Crippen LogP contribution < -0.4 is 5.32 Å². The van der Waals surface area contributed by atoms with Crippen LogP contribution in [-0.4, -0.2) is 47.9 Å². The minimum atomic E-state index is -0.856. The first-order valence-corrected chi connectivity index (χ1v) is 9.75. The van der Waals surface area contributed by atoms with Gasteiger partial charge in [-0.2, -0.15) is 0 Å². The summed E-state index contributed by atoms with van der Waals surface area (Å²) in [7, 11) is 0. The zero-order chi connectivity index (χ0) is 19.8. The third-order valence-electron chi connectivity index (χ3n) is 4.80. The molecule has 1 aliphatic heterocycles. The maximum absolute atomic E-state index is 12.6. The van der Waals surface area contributed by atoms with Crippen LogP contribution >= 0.6 is 0 Å². The van der Waals surface area contributed by atoms with E-state index in [2.05, 4.69) is 5.32 Å². The Kier molecular flexibility index (Phi) is 7.82. The maximum atomic E-state index is 12.6. The molecule has 2 rings (SSSR count). The lowest BCUT2D eigenvalue weighted by atomic mass is 10.0. The lowest BCUT2D eigenvalue weighted by molar-refractivity contribution is -0.161. The van der Waals surface area contributed by atoms with Gasteiger partial charge in [0.15, 0.2) is 6.10 Å². The summed E-state index contributed by atoms with van der Waals surface area (Å²) in [5.41, 5.74) is 0.477. The first kappa shape index (κ1) is 20.9. The smallest absolute Gasteiger partial charge is 0.329 e. The second-order valence-electron chi connectivity index (χ2n) is 7.38. The van der Waals surface area contributed by atoms with E-state index in [-0.39, 0.29) is 17.7 Å². The van der Waals surface area contributed by atoms with Crippen LogP contribution in [0.2, 0.25) is 0 Å². The predicted octanol–water partition coefficient (Wildman–Crippen LogP) is 2.78. The predicted molar refractivity (Wildman–Crippen MR) is 103 cm³/mol. The molecule has 1 aromatic rings. The second kappa shape index (κ2) is 10.1. The summed E-state index contributed by atoms with van der Waals surface area (Å²) in [5, 5.41) is 2.73. The number of hydrogen-bond acceptors (Lipinski definition) is 4. The Morgan fingerprint density at radius 2 is 1.56 bits per heavy atom. The fraction of sp³-hybridized carbons (Fsp3) is 0.571. The van der Waals surface area contributed by atoms with Gasteiger partial charge >= 0.3 is 5.97 Å². The molecule has 1 N–H and O–H groups in total. The van der Waals surface area contributed by atoms with Gasteiger partial charge in [0.1, 0.15) is 6.04 Å². The Bertz CT molecular complexity index is 637. The summed E-state index contributed by atoms with van der Waals surface area (Å²) in [6, 6.07) is 7.91. The first-order valence-electron chi connectivity index (χ1n) is 9.75. The molecule has 148 valence electrons. The number of nitrogens with zero attached hydrogens (tertiary/aromatic N) is 1. The van der Waals surface area contributed by atoms with Crippen LogP contribution in [0.5, 0.6) is 0 Å². The van der Waals surface area contributed by atoms with Crippen molar-refractivity contribution in [2.75, 3.05) is 13.1 Å². The molecule has 0 aromatic heterocycles. The lowest BCUT2D eigenvalue weighted by Gasteiger charge is -2.26. The van der Waals surface area contributed by atoms with Crippen LogP contribution in [0.3, 0.4) is 0 Å². The van der Waals surface area contributed by atoms with E-state index in [1.54, 1.807) is 36.1 Å². The zero-order valence-electron chi connectivity index (χ0n) is 16.4. The van der Waals surface area contributed by atoms with Gasteiger partial charge in [0.05, 0.1) is 0 Å². The summed E-state index contributed by atoms with van der Waals surface area (Å²) in [6.07, 6.45) is 3.35. The number of esters is 1. The molecule has 1 aliphatic rings. The Morgan fingerprint density at radius 3 is 2.11 bits per heavy atom. The summed E-state index contributed by atoms with van der Waals surface area (Å²) in [6.45, 7) is 6.68. The van der Waals surface area contributed by atoms with Crippen LogP contribution in [0.4, 0.5) is 0 Å². The summed E-state index contributed by atoms with van der Waals surface area (Å²) < 4.78 is 5.42. The number of nitrogens with one attached hydrogen (secondary N) is 1. The van der Waals surface area contributed by atoms with E-state index in [1.165, 1.54) is 0 Å². The SMILES string of the molecule is CC(C)[C@@H](NC(=O)c1ccccc1)C(=O)O[C@H](C)C(=O)N1CCCCCC1. The highest BCUT2D eigenvalue weighted by Crippen LogP contribution is 2.13. The van der Waals surface area contributed by atoms with Crippen molar-refractivity contribution in [3.05, 3.63) is 35.9 Å². The number of benzene rings is 1. The Morgan fingerprint density at radius 1 is 0.963 bits per heavy atom. The van der Waals surface area contributed by atoms with Crippen molar-refractivity contribution >= 4 is 17.8 Å². The van der Waals surface area contributed by atoms with Crippen molar-refractivity contribution in [3.8, 4) is 0 Å². The molecule has 1 heterocycles. The van der Waals surface area contributed by atoms with Crippen molar-refractivity contribution in [2.45, 2.75) is 58.6 Å². The standard InChI is InChI=1S/C21H30N2O4/c1-15(2)18(22-19(24)17-11-7-6-8-12-17)21(26)27-16(3)20(25)23-13-9-4-5-10-14-23/h6-8,11-12,15-16,18H,4-5,9-10,13-14H2,1-3H3,(H,22,24)/t16-,18-/m1/s1.